The van der Waals surface area contributed by atoms with Crippen molar-refractivity contribution >= 4 is 61.4 Å². The zero-order chi connectivity index (χ0) is 7.72. The molecule has 0 aliphatic rings. The molecule has 0 atom stereocenters. The number of hydrogen-bond donors (Lipinski definition) is 4. The summed E-state index contributed by atoms with van der Waals surface area (Å²) in [4.78, 5) is 1.34. The SMILES string of the molecule is Cl.Cl.Nc1cc(S)c(N)c(S)c1. The number of halogens is 2. The van der Waals surface area contributed by atoms with E-state index in [2.05, 4.69) is 25.3 Å². The lowest BCUT2D eigenvalue weighted by atomic mass is 10.3. The van der Waals surface area contributed by atoms with Gasteiger partial charge in [0, 0.05) is 15.5 Å². The van der Waals surface area contributed by atoms with Crippen LogP contribution in [0.2, 0.25) is 0 Å². The van der Waals surface area contributed by atoms with Crippen LogP contribution in [-0.2, 0) is 0 Å². The van der Waals surface area contributed by atoms with E-state index < -0.39 is 0 Å². The molecule has 0 heterocycles. The lowest BCUT2D eigenvalue weighted by molar-refractivity contribution is 1.36. The summed E-state index contributed by atoms with van der Waals surface area (Å²) in [6, 6.07) is 3.39. The maximum Gasteiger partial charge on any atom is 0.0586 e. The molecule has 0 aromatic heterocycles. The van der Waals surface area contributed by atoms with Gasteiger partial charge in [-0.2, -0.15) is 0 Å². The fourth-order valence-corrected chi connectivity index (χ4v) is 1.27. The Bertz CT molecular complexity index is 245. The van der Waals surface area contributed by atoms with Crippen molar-refractivity contribution in [1.29, 1.82) is 0 Å². The Morgan fingerprint density at radius 2 is 1.25 bits per heavy atom. The summed E-state index contributed by atoms with van der Waals surface area (Å²) in [5.41, 5.74) is 12.2. The standard InChI is InChI=1S/C6H8N2S2.2ClH/c7-3-1-4(9)6(8)5(10)2-3;;/h1-2,9-10H,7-8H2;2*1H. The van der Waals surface area contributed by atoms with E-state index in [1.165, 1.54) is 0 Å². The van der Waals surface area contributed by atoms with Crippen LogP contribution in [0.15, 0.2) is 21.9 Å². The van der Waals surface area contributed by atoms with E-state index in [4.69, 9.17) is 11.5 Å². The average Bonchev–Trinajstić information content (AvgIpc) is 1.82. The van der Waals surface area contributed by atoms with E-state index in [9.17, 15) is 0 Å². The van der Waals surface area contributed by atoms with Crippen LogP contribution in [0.25, 0.3) is 0 Å². The number of hydrogen-bond acceptors (Lipinski definition) is 4. The fourth-order valence-electron chi connectivity index (χ4n) is 0.644. The van der Waals surface area contributed by atoms with E-state index in [1.54, 1.807) is 12.1 Å². The van der Waals surface area contributed by atoms with Crippen LogP contribution in [0.3, 0.4) is 0 Å². The number of thiol groups is 2. The van der Waals surface area contributed by atoms with Crippen molar-refractivity contribution in [3.05, 3.63) is 12.1 Å². The molecule has 2 nitrogen and oxygen atoms in total. The third kappa shape index (κ3) is 3.23. The van der Waals surface area contributed by atoms with Crippen LogP contribution in [0, 0.1) is 0 Å². The molecule has 0 amide bonds. The van der Waals surface area contributed by atoms with Crippen molar-refractivity contribution in [2.45, 2.75) is 9.79 Å². The molecule has 0 aliphatic carbocycles. The highest BCUT2D eigenvalue weighted by atomic mass is 35.5. The van der Waals surface area contributed by atoms with Gasteiger partial charge in [0.15, 0.2) is 0 Å². The Balaban J connectivity index is 0. The molecule has 6 heteroatoms. The van der Waals surface area contributed by atoms with Crippen molar-refractivity contribution in [1.82, 2.24) is 0 Å². The van der Waals surface area contributed by atoms with Gasteiger partial charge >= 0.3 is 0 Å². The second kappa shape index (κ2) is 5.70. The van der Waals surface area contributed by atoms with Gasteiger partial charge in [-0.3, -0.25) is 0 Å². The molecule has 0 bridgehead atoms. The average molecular weight is 245 g/mol. The summed E-state index contributed by atoms with van der Waals surface area (Å²) in [6.07, 6.45) is 0. The van der Waals surface area contributed by atoms with Gasteiger partial charge in [-0.05, 0) is 12.1 Å². The van der Waals surface area contributed by atoms with E-state index >= 15 is 0 Å². The van der Waals surface area contributed by atoms with Crippen LogP contribution >= 0.6 is 50.1 Å². The van der Waals surface area contributed by atoms with Crippen molar-refractivity contribution in [2.24, 2.45) is 0 Å². The summed E-state index contributed by atoms with van der Waals surface area (Å²) in [5.74, 6) is 0. The Morgan fingerprint density at radius 1 is 0.917 bits per heavy atom. The van der Waals surface area contributed by atoms with Crippen molar-refractivity contribution < 1.29 is 0 Å². The molecule has 1 aromatic rings. The Hall–Kier alpha value is 0.1000. The molecule has 4 N–H and O–H groups in total. The minimum Gasteiger partial charge on any atom is -0.399 e. The molecule has 70 valence electrons. The molecule has 0 fully saturated rings. The number of anilines is 2. The summed E-state index contributed by atoms with van der Waals surface area (Å²) in [6.45, 7) is 0. The number of benzene rings is 1. The number of nitrogens with two attached hydrogens (primary N) is 2. The maximum absolute atomic E-state index is 5.54. The maximum atomic E-state index is 5.54. The first-order valence-electron chi connectivity index (χ1n) is 2.68. The van der Waals surface area contributed by atoms with Crippen LogP contribution in [0.4, 0.5) is 11.4 Å². The van der Waals surface area contributed by atoms with Gasteiger partial charge in [-0.1, -0.05) is 0 Å². The summed E-state index contributed by atoms with van der Waals surface area (Å²) in [7, 11) is 0. The zero-order valence-electron chi connectivity index (χ0n) is 6.02. The second-order valence-corrected chi connectivity index (χ2v) is 2.94. The van der Waals surface area contributed by atoms with Gasteiger partial charge in [-0.25, -0.2) is 0 Å². The summed E-state index contributed by atoms with van der Waals surface area (Å²) in [5, 5.41) is 0. The van der Waals surface area contributed by atoms with Crippen molar-refractivity contribution in [3.8, 4) is 0 Å². The van der Waals surface area contributed by atoms with Crippen LogP contribution < -0.4 is 11.5 Å². The van der Waals surface area contributed by atoms with Crippen LogP contribution in [0.5, 0.6) is 0 Å². The first-order chi connectivity index (χ1) is 4.61. The third-order valence-electron chi connectivity index (χ3n) is 1.16. The molecule has 12 heavy (non-hydrogen) atoms. The highest BCUT2D eigenvalue weighted by Gasteiger charge is 1.99. The monoisotopic (exact) mass is 244 g/mol. The summed E-state index contributed by atoms with van der Waals surface area (Å²) >= 11 is 8.17. The Kier molecular flexibility index (Phi) is 6.94. The van der Waals surface area contributed by atoms with E-state index in [-0.39, 0.29) is 24.8 Å². The first kappa shape index (κ1) is 14.6. The lowest BCUT2D eigenvalue weighted by Gasteiger charge is -2.02. The molecular weight excluding hydrogens is 235 g/mol. The molecule has 1 aromatic carbocycles. The minimum atomic E-state index is 0. The number of nitrogen functional groups attached to an aromatic ring is 2. The van der Waals surface area contributed by atoms with Gasteiger partial charge in [0.2, 0.25) is 0 Å². The molecule has 0 saturated heterocycles. The van der Waals surface area contributed by atoms with Gasteiger partial charge in [-0.15, -0.1) is 50.1 Å². The molecule has 0 saturated carbocycles. The number of rotatable bonds is 0. The second-order valence-electron chi connectivity index (χ2n) is 1.97. The Morgan fingerprint density at radius 3 is 1.58 bits per heavy atom. The van der Waals surface area contributed by atoms with Gasteiger partial charge in [0.25, 0.3) is 0 Å². The minimum absolute atomic E-state index is 0. The molecule has 0 radical (unpaired) electrons. The highest BCUT2D eigenvalue weighted by Crippen LogP contribution is 2.26. The highest BCUT2D eigenvalue weighted by molar-refractivity contribution is 7.81. The Labute approximate surface area is 94.7 Å². The largest absolute Gasteiger partial charge is 0.399 e. The molecule has 0 unspecified atom stereocenters. The molecule has 0 spiro atoms. The normalized spacial score (nSPS) is 8.17. The van der Waals surface area contributed by atoms with Crippen molar-refractivity contribution in [3.63, 3.8) is 0 Å². The van der Waals surface area contributed by atoms with E-state index in [0.29, 0.717) is 21.2 Å². The van der Waals surface area contributed by atoms with Gasteiger partial charge in [0.05, 0.1) is 5.69 Å². The fraction of sp³-hybridized carbons (Fsp3) is 0. The topological polar surface area (TPSA) is 52.0 Å². The van der Waals surface area contributed by atoms with Crippen LogP contribution in [0.1, 0.15) is 0 Å². The van der Waals surface area contributed by atoms with Gasteiger partial charge in [0.1, 0.15) is 0 Å². The lowest BCUT2D eigenvalue weighted by Crippen LogP contribution is -1.92. The molecule has 0 aliphatic heterocycles. The van der Waals surface area contributed by atoms with Gasteiger partial charge < -0.3 is 11.5 Å². The predicted molar refractivity (Wildman–Crippen MR) is 64.3 cm³/mol. The quantitative estimate of drug-likeness (QED) is 0.418. The third-order valence-corrected chi connectivity index (χ3v) is 1.90. The molecular formula is C6H10Cl2N2S2. The first-order valence-corrected chi connectivity index (χ1v) is 3.57. The van der Waals surface area contributed by atoms with Crippen LogP contribution in [-0.4, -0.2) is 0 Å². The summed E-state index contributed by atoms with van der Waals surface area (Å²) < 4.78 is 0. The smallest absolute Gasteiger partial charge is 0.0586 e. The zero-order valence-corrected chi connectivity index (χ0v) is 9.44. The molecule has 1 rings (SSSR count). The van der Waals surface area contributed by atoms with Crippen molar-refractivity contribution in [2.75, 3.05) is 11.5 Å². The predicted octanol–water partition coefficient (Wildman–Crippen LogP) is 2.27. The van der Waals surface area contributed by atoms with E-state index in [0.717, 1.165) is 0 Å². The van der Waals surface area contributed by atoms with E-state index in [1.807, 2.05) is 0 Å².